The largest absolute Gasteiger partial charge is 0.383 e. The summed E-state index contributed by atoms with van der Waals surface area (Å²) >= 11 is 0. The molecule has 0 spiro atoms. The summed E-state index contributed by atoms with van der Waals surface area (Å²) in [6.45, 7) is 9.92. The highest BCUT2D eigenvalue weighted by atomic mass is 16.5. The van der Waals surface area contributed by atoms with Crippen molar-refractivity contribution in [2.75, 3.05) is 39.9 Å². The molecule has 0 amide bonds. The van der Waals surface area contributed by atoms with Gasteiger partial charge in [-0.05, 0) is 5.92 Å². The fraction of sp³-hybridized carbons (Fsp3) is 1.00. The van der Waals surface area contributed by atoms with E-state index in [1.165, 1.54) is 6.54 Å². The summed E-state index contributed by atoms with van der Waals surface area (Å²) in [4.78, 5) is 2.53. The standard InChI is InChI=1S/C10H22N2O/c1-9(2)7-12-5-4-11-6-10(12)8-13-3/h9-11H,4-8H2,1-3H3. The van der Waals surface area contributed by atoms with Gasteiger partial charge in [-0.3, -0.25) is 4.90 Å². The quantitative estimate of drug-likeness (QED) is 0.694. The lowest BCUT2D eigenvalue weighted by Crippen LogP contribution is -2.54. The van der Waals surface area contributed by atoms with Crippen LogP contribution in [0.4, 0.5) is 0 Å². The van der Waals surface area contributed by atoms with E-state index in [-0.39, 0.29) is 0 Å². The first-order valence-electron chi connectivity index (χ1n) is 5.17. The number of methoxy groups -OCH3 is 1. The molecule has 1 aliphatic rings. The van der Waals surface area contributed by atoms with Crippen LogP contribution in [-0.4, -0.2) is 50.8 Å². The second-order valence-electron chi connectivity index (χ2n) is 4.20. The maximum absolute atomic E-state index is 5.21. The fourth-order valence-electron chi connectivity index (χ4n) is 1.87. The van der Waals surface area contributed by atoms with Crippen LogP contribution in [0, 0.1) is 5.92 Å². The van der Waals surface area contributed by atoms with E-state index < -0.39 is 0 Å². The van der Waals surface area contributed by atoms with Gasteiger partial charge in [0.05, 0.1) is 6.61 Å². The molecule has 0 aliphatic carbocycles. The third-order valence-electron chi connectivity index (χ3n) is 2.43. The third-order valence-corrected chi connectivity index (χ3v) is 2.43. The molecular weight excluding hydrogens is 164 g/mol. The second-order valence-corrected chi connectivity index (χ2v) is 4.20. The number of nitrogens with one attached hydrogen (secondary N) is 1. The maximum atomic E-state index is 5.21. The Labute approximate surface area is 81.4 Å². The van der Waals surface area contributed by atoms with Crippen molar-refractivity contribution in [2.45, 2.75) is 19.9 Å². The first kappa shape index (κ1) is 11.0. The van der Waals surface area contributed by atoms with Crippen molar-refractivity contribution in [2.24, 2.45) is 5.92 Å². The molecule has 3 nitrogen and oxygen atoms in total. The number of piperazine rings is 1. The maximum Gasteiger partial charge on any atom is 0.0630 e. The molecule has 0 aromatic carbocycles. The van der Waals surface area contributed by atoms with Crippen LogP contribution in [0.5, 0.6) is 0 Å². The molecule has 1 saturated heterocycles. The van der Waals surface area contributed by atoms with Crippen molar-refractivity contribution < 1.29 is 4.74 Å². The van der Waals surface area contributed by atoms with Gasteiger partial charge in [-0.2, -0.15) is 0 Å². The van der Waals surface area contributed by atoms with E-state index in [0.717, 1.165) is 32.2 Å². The van der Waals surface area contributed by atoms with Crippen LogP contribution in [0.3, 0.4) is 0 Å². The lowest BCUT2D eigenvalue weighted by Gasteiger charge is -2.36. The Morgan fingerprint density at radius 2 is 2.31 bits per heavy atom. The van der Waals surface area contributed by atoms with Crippen LogP contribution < -0.4 is 5.32 Å². The van der Waals surface area contributed by atoms with E-state index in [2.05, 4.69) is 24.1 Å². The Morgan fingerprint density at radius 3 is 2.92 bits per heavy atom. The van der Waals surface area contributed by atoms with E-state index in [0.29, 0.717) is 6.04 Å². The van der Waals surface area contributed by atoms with Gasteiger partial charge < -0.3 is 10.1 Å². The van der Waals surface area contributed by atoms with Crippen LogP contribution in [-0.2, 0) is 4.74 Å². The summed E-state index contributed by atoms with van der Waals surface area (Å²) < 4.78 is 5.21. The first-order valence-corrected chi connectivity index (χ1v) is 5.17. The minimum absolute atomic E-state index is 0.571. The van der Waals surface area contributed by atoms with Crippen molar-refractivity contribution in [3.8, 4) is 0 Å². The molecule has 3 heteroatoms. The molecule has 0 radical (unpaired) electrons. The normalized spacial score (nSPS) is 25.4. The summed E-state index contributed by atoms with van der Waals surface area (Å²) in [7, 11) is 1.78. The number of ether oxygens (including phenoxy) is 1. The van der Waals surface area contributed by atoms with Crippen LogP contribution in [0.25, 0.3) is 0 Å². The van der Waals surface area contributed by atoms with Gasteiger partial charge in [0.1, 0.15) is 0 Å². The summed E-state index contributed by atoms with van der Waals surface area (Å²) in [6.07, 6.45) is 0. The van der Waals surface area contributed by atoms with E-state index in [1.54, 1.807) is 7.11 Å². The molecule has 0 bridgehead atoms. The highest BCUT2D eigenvalue weighted by Crippen LogP contribution is 2.07. The van der Waals surface area contributed by atoms with Crippen LogP contribution in [0.2, 0.25) is 0 Å². The third kappa shape index (κ3) is 3.63. The predicted molar refractivity (Wildman–Crippen MR) is 54.9 cm³/mol. The molecule has 1 N–H and O–H groups in total. The predicted octanol–water partition coefficient (Wildman–Crippen LogP) is 0.563. The fourth-order valence-corrected chi connectivity index (χ4v) is 1.87. The van der Waals surface area contributed by atoms with Gasteiger partial charge in [0, 0.05) is 39.3 Å². The molecule has 0 aromatic heterocycles. The number of rotatable bonds is 4. The molecule has 1 fully saturated rings. The minimum atomic E-state index is 0.571. The summed E-state index contributed by atoms with van der Waals surface area (Å²) in [5.41, 5.74) is 0. The molecule has 78 valence electrons. The van der Waals surface area contributed by atoms with E-state index in [4.69, 9.17) is 4.74 Å². The van der Waals surface area contributed by atoms with Crippen molar-refractivity contribution in [1.29, 1.82) is 0 Å². The van der Waals surface area contributed by atoms with Crippen molar-refractivity contribution in [3.63, 3.8) is 0 Å². The van der Waals surface area contributed by atoms with E-state index in [9.17, 15) is 0 Å². The molecule has 0 saturated carbocycles. The zero-order chi connectivity index (χ0) is 9.68. The average Bonchev–Trinajstić information content (AvgIpc) is 2.08. The summed E-state index contributed by atoms with van der Waals surface area (Å²) in [6, 6.07) is 0.571. The molecule has 0 aromatic rings. The topological polar surface area (TPSA) is 24.5 Å². The first-order chi connectivity index (χ1) is 6.24. The van der Waals surface area contributed by atoms with Gasteiger partial charge in [-0.15, -0.1) is 0 Å². The zero-order valence-corrected chi connectivity index (χ0v) is 9.05. The van der Waals surface area contributed by atoms with E-state index in [1.807, 2.05) is 0 Å². The van der Waals surface area contributed by atoms with Crippen LogP contribution in [0.1, 0.15) is 13.8 Å². The van der Waals surface area contributed by atoms with Crippen LogP contribution in [0.15, 0.2) is 0 Å². The monoisotopic (exact) mass is 186 g/mol. The Morgan fingerprint density at radius 1 is 1.54 bits per heavy atom. The lowest BCUT2D eigenvalue weighted by atomic mass is 10.1. The number of hydrogen-bond donors (Lipinski definition) is 1. The molecule has 1 heterocycles. The second kappa shape index (κ2) is 5.58. The van der Waals surface area contributed by atoms with Gasteiger partial charge in [-0.25, -0.2) is 0 Å². The van der Waals surface area contributed by atoms with Gasteiger partial charge in [0.25, 0.3) is 0 Å². The lowest BCUT2D eigenvalue weighted by molar-refractivity contribution is 0.0662. The molecule has 1 atom stereocenters. The van der Waals surface area contributed by atoms with Gasteiger partial charge in [0.2, 0.25) is 0 Å². The SMILES string of the molecule is COCC1CNCCN1CC(C)C. The molecule has 1 aliphatic heterocycles. The van der Waals surface area contributed by atoms with Gasteiger partial charge in [-0.1, -0.05) is 13.8 Å². The zero-order valence-electron chi connectivity index (χ0n) is 9.05. The molecular formula is C10H22N2O. The molecule has 1 unspecified atom stereocenters. The van der Waals surface area contributed by atoms with Crippen molar-refractivity contribution >= 4 is 0 Å². The van der Waals surface area contributed by atoms with Crippen molar-refractivity contribution in [3.05, 3.63) is 0 Å². The minimum Gasteiger partial charge on any atom is -0.383 e. The highest BCUT2D eigenvalue weighted by molar-refractivity contribution is 4.79. The number of hydrogen-bond acceptors (Lipinski definition) is 3. The Hall–Kier alpha value is -0.120. The average molecular weight is 186 g/mol. The van der Waals surface area contributed by atoms with Crippen LogP contribution >= 0.6 is 0 Å². The molecule has 1 rings (SSSR count). The Balaban J connectivity index is 2.36. The summed E-state index contributed by atoms with van der Waals surface area (Å²) in [5.74, 6) is 0.748. The smallest absolute Gasteiger partial charge is 0.0630 e. The van der Waals surface area contributed by atoms with Crippen molar-refractivity contribution in [1.82, 2.24) is 10.2 Å². The van der Waals surface area contributed by atoms with Gasteiger partial charge in [0.15, 0.2) is 0 Å². The summed E-state index contributed by atoms with van der Waals surface area (Å²) in [5, 5.41) is 3.40. The molecule has 13 heavy (non-hydrogen) atoms. The van der Waals surface area contributed by atoms with E-state index >= 15 is 0 Å². The Kier molecular flexibility index (Phi) is 4.70. The number of nitrogens with zero attached hydrogens (tertiary/aromatic N) is 1. The van der Waals surface area contributed by atoms with Gasteiger partial charge >= 0.3 is 0 Å². The highest BCUT2D eigenvalue weighted by Gasteiger charge is 2.21. The Bertz CT molecular complexity index is 137.